The third kappa shape index (κ3) is 2.02. The highest BCUT2D eigenvalue weighted by Gasteiger charge is 2.59. The molecule has 18 heavy (non-hydrogen) atoms. The van der Waals surface area contributed by atoms with Crippen LogP contribution in [0.1, 0.15) is 60.8 Å². The minimum absolute atomic E-state index is 0.0291. The lowest BCUT2D eigenvalue weighted by Gasteiger charge is -2.63. The van der Waals surface area contributed by atoms with Crippen molar-refractivity contribution < 1.29 is 4.74 Å². The first-order chi connectivity index (χ1) is 8.20. The van der Waals surface area contributed by atoms with Gasteiger partial charge in [0.1, 0.15) is 0 Å². The quantitative estimate of drug-likeness (QED) is 0.652. The Morgan fingerprint density at radius 1 is 0.944 bits per heavy atom. The van der Waals surface area contributed by atoms with E-state index in [1.165, 1.54) is 25.8 Å². The third-order valence-corrected chi connectivity index (χ3v) is 5.02. The molecule has 0 amide bonds. The van der Waals surface area contributed by atoms with Crippen LogP contribution >= 0.6 is 0 Å². The molecule has 0 aliphatic carbocycles. The first-order valence-electron chi connectivity index (χ1n) is 7.58. The van der Waals surface area contributed by atoms with E-state index in [9.17, 15) is 0 Å². The van der Waals surface area contributed by atoms with Gasteiger partial charge in [0, 0.05) is 12.6 Å². The van der Waals surface area contributed by atoms with Gasteiger partial charge in [-0.2, -0.15) is 0 Å². The Balaban J connectivity index is 2.44. The van der Waals surface area contributed by atoms with Crippen LogP contribution in [0.5, 0.6) is 0 Å². The van der Waals surface area contributed by atoms with Crippen LogP contribution in [0.15, 0.2) is 0 Å². The summed E-state index contributed by atoms with van der Waals surface area (Å²) in [6.45, 7) is 17.4. The summed E-state index contributed by atoms with van der Waals surface area (Å²) in [4.78, 5) is 2.70. The Kier molecular flexibility index (Phi) is 3.57. The van der Waals surface area contributed by atoms with Crippen molar-refractivity contribution in [3.8, 4) is 0 Å². The van der Waals surface area contributed by atoms with Crippen LogP contribution in [0.4, 0.5) is 0 Å². The first-order valence-corrected chi connectivity index (χ1v) is 7.58. The second kappa shape index (κ2) is 4.49. The van der Waals surface area contributed by atoms with E-state index in [-0.39, 0.29) is 16.4 Å². The first kappa shape index (κ1) is 14.3. The molecule has 0 radical (unpaired) electrons. The zero-order valence-corrected chi connectivity index (χ0v) is 13.2. The molecular formula is C16H31NO. The van der Waals surface area contributed by atoms with Gasteiger partial charge in [0.15, 0.2) is 0 Å². The minimum atomic E-state index is -0.0291. The van der Waals surface area contributed by atoms with Gasteiger partial charge >= 0.3 is 0 Å². The highest BCUT2D eigenvalue weighted by molar-refractivity contribution is 5.11. The maximum Gasteiger partial charge on any atom is 0.0933 e. The highest BCUT2D eigenvalue weighted by Crippen LogP contribution is 2.53. The topological polar surface area (TPSA) is 12.5 Å². The van der Waals surface area contributed by atoms with Crippen molar-refractivity contribution in [1.29, 1.82) is 0 Å². The van der Waals surface area contributed by atoms with Crippen LogP contribution in [0.3, 0.4) is 0 Å². The normalized spacial score (nSPS) is 30.0. The molecule has 2 nitrogen and oxygen atoms in total. The van der Waals surface area contributed by atoms with Crippen molar-refractivity contribution in [3.05, 3.63) is 0 Å². The van der Waals surface area contributed by atoms with Gasteiger partial charge in [0.05, 0.1) is 12.2 Å². The van der Waals surface area contributed by atoms with E-state index in [1.54, 1.807) is 0 Å². The fourth-order valence-electron chi connectivity index (χ4n) is 4.70. The molecule has 1 unspecified atom stereocenters. The summed E-state index contributed by atoms with van der Waals surface area (Å²) in [5.41, 5.74) is 0.316. The summed E-state index contributed by atoms with van der Waals surface area (Å²) in [6.07, 6.45) is 4.02. The Hall–Kier alpha value is -0.0800. The molecule has 0 aromatic rings. The molecule has 0 aromatic carbocycles. The number of rotatable bonds is 0. The average Bonchev–Trinajstić information content (AvgIpc) is 2.25. The lowest BCUT2D eigenvalue weighted by molar-refractivity contribution is -0.253. The van der Waals surface area contributed by atoms with Crippen molar-refractivity contribution in [2.75, 3.05) is 19.7 Å². The molecule has 0 spiro atoms. The number of hydrogen-bond donors (Lipinski definition) is 0. The van der Waals surface area contributed by atoms with Crippen LogP contribution in [-0.2, 0) is 4.74 Å². The number of hydrogen-bond acceptors (Lipinski definition) is 2. The zero-order valence-electron chi connectivity index (χ0n) is 13.2. The average molecular weight is 253 g/mol. The lowest BCUT2D eigenvalue weighted by Crippen LogP contribution is -2.71. The van der Waals surface area contributed by atoms with Crippen LogP contribution in [-0.4, -0.2) is 36.2 Å². The molecule has 2 rings (SSSR count). The van der Waals surface area contributed by atoms with E-state index in [0.717, 1.165) is 13.2 Å². The summed E-state index contributed by atoms with van der Waals surface area (Å²) >= 11 is 0. The van der Waals surface area contributed by atoms with Gasteiger partial charge in [-0.1, -0.05) is 48.0 Å². The summed E-state index contributed by atoms with van der Waals surface area (Å²) in [6, 6.07) is 0.597. The van der Waals surface area contributed by atoms with E-state index < -0.39 is 0 Å². The molecule has 2 saturated heterocycles. The minimum Gasteiger partial charge on any atom is -0.371 e. The second-order valence-electron chi connectivity index (χ2n) is 8.13. The fourth-order valence-corrected chi connectivity index (χ4v) is 4.70. The van der Waals surface area contributed by atoms with Gasteiger partial charge in [-0.05, 0) is 30.2 Å². The van der Waals surface area contributed by atoms with E-state index in [2.05, 4.69) is 46.4 Å². The van der Waals surface area contributed by atoms with Crippen LogP contribution in [0.2, 0.25) is 0 Å². The molecular weight excluding hydrogens is 222 g/mol. The number of nitrogens with zero attached hydrogens (tertiary/aromatic N) is 1. The van der Waals surface area contributed by atoms with Crippen molar-refractivity contribution in [2.45, 2.75) is 72.4 Å². The van der Waals surface area contributed by atoms with Gasteiger partial charge in [-0.25, -0.2) is 0 Å². The summed E-state index contributed by atoms with van der Waals surface area (Å²) < 4.78 is 6.52. The van der Waals surface area contributed by atoms with E-state index >= 15 is 0 Å². The van der Waals surface area contributed by atoms with Gasteiger partial charge in [0.2, 0.25) is 0 Å². The highest BCUT2D eigenvalue weighted by atomic mass is 16.5. The van der Waals surface area contributed by atoms with Crippen LogP contribution < -0.4 is 0 Å². The number of fused-ring (bicyclic) bond motifs is 1. The Labute approximate surface area is 113 Å². The van der Waals surface area contributed by atoms with E-state index in [1.807, 2.05) is 0 Å². The molecule has 106 valence electrons. The predicted octanol–water partition coefficient (Wildman–Crippen LogP) is 3.70. The molecule has 1 atom stereocenters. The van der Waals surface area contributed by atoms with Crippen LogP contribution in [0, 0.1) is 10.8 Å². The monoisotopic (exact) mass is 253 g/mol. The maximum atomic E-state index is 6.52. The van der Waals surface area contributed by atoms with Gasteiger partial charge in [0.25, 0.3) is 0 Å². The van der Waals surface area contributed by atoms with Gasteiger partial charge < -0.3 is 4.74 Å². The molecule has 2 fully saturated rings. The molecule has 2 heterocycles. The lowest BCUT2D eigenvalue weighted by atomic mass is 9.57. The van der Waals surface area contributed by atoms with Crippen molar-refractivity contribution in [1.82, 2.24) is 4.90 Å². The maximum absolute atomic E-state index is 6.52. The smallest absolute Gasteiger partial charge is 0.0933 e. The molecule has 2 heteroatoms. The van der Waals surface area contributed by atoms with Gasteiger partial charge in [-0.3, -0.25) is 4.90 Å². The number of ether oxygens (including phenoxy) is 1. The summed E-state index contributed by atoms with van der Waals surface area (Å²) in [7, 11) is 0. The van der Waals surface area contributed by atoms with E-state index in [0.29, 0.717) is 6.04 Å². The molecule has 0 N–H and O–H groups in total. The molecule has 0 saturated carbocycles. The summed E-state index contributed by atoms with van der Waals surface area (Å²) in [5.74, 6) is 0. The standard InChI is InChI=1S/C16H31NO/c1-14(2,3)16(15(4,5)6)13-9-7-8-10-17(13)11-12-18-16/h13H,7-12H2,1-6H3. The Bertz CT molecular complexity index is 281. The molecule has 2 aliphatic rings. The number of piperidine rings is 1. The Morgan fingerprint density at radius 3 is 2.11 bits per heavy atom. The van der Waals surface area contributed by atoms with Crippen LogP contribution in [0.25, 0.3) is 0 Å². The predicted molar refractivity (Wildman–Crippen MR) is 76.8 cm³/mol. The number of morpholine rings is 1. The molecule has 0 bridgehead atoms. The van der Waals surface area contributed by atoms with Crippen molar-refractivity contribution in [2.24, 2.45) is 10.8 Å². The zero-order chi connectivity index (χ0) is 13.6. The Morgan fingerprint density at radius 2 is 1.56 bits per heavy atom. The van der Waals surface area contributed by atoms with Crippen molar-refractivity contribution >= 4 is 0 Å². The van der Waals surface area contributed by atoms with E-state index in [4.69, 9.17) is 4.74 Å². The largest absolute Gasteiger partial charge is 0.371 e. The third-order valence-electron chi connectivity index (χ3n) is 5.02. The fraction of sp³-hybridized carbons (Fsp3) is 1.00. The summed E-state index contributed by atoms with van der Waals surface area (Å²) in [5, 5.41) is 0. The molecule has 2 aliphatic heterocycles. The molecule has 0 aromatic heterocycles. The second-order valence-corrected chi connectivity index (χ2v) is 8.13. The van der Waals surface area contributed by atoms with Crippen molar-refractivity contribution in [3.63, 3.8) is 0 Å². The van der Waals surface area contributed by atoms with Gasteiger partial charge in [-0.15, -0.1) is 0 Å². The SMILES string of the molecule is CC(C)(C)C1(C(C)(C)C)OCCN2CCCCC21.